The van der Waals surface area contributed by atoms with Gasteiger partial charge in [0.05, 0.1) is 5.56 Å². The third kappa shape index (κ3) is 3.19. The first kappa shape index (κ1) is 13.7. The zero-order valence-corrected chi connectivity index (χ0v) is 10.3. The molecule has 104 valence electrons. The van der Waals surface area contributed by atoms with Crippen LogP contribution in [-0.2, 0) is 11.0 Å². The van der Waals surface area contributed by atoms with E-state index in [9.17, 15) is 18.0 Å². The molecule has 0 unspecified atom stereocenters. The Bertz CT molecular complexity index is 479. The van der Waals surface area contributed by atoms with E-state index in [0.29, 0.717) is 0 Å². The highest BCUT2D eigenvalue weighted by molar-refractivity contribution is 5.93. The van der Waals surface area contributed by atoms with Crippen LogP contribution in [0.2, 0.25) is 0 Å². The lowest BCUT2D eigenvalue weighted by Crippen LogP contribution is -2.20. The summed E-state index contributed by atoms with van der Waals surface area (Å²) in [6, 6.07) is 3.42. The van der Waals surface area contributed by atoms with Crippen molar-refractivity contribution >= 4 is 17.3 Å². The third-order valence-electron chi connectivity index (χ3n) is 3.35. The number of carbonyl (C=O) groups excluding carboxylic acids is 1. The summed E-state index contributed by atoms with van der Waals surface area (Å²) in [6.07, 6.45) is -0.931. The van der Waals surface area contributed by atoms with Crippen LogP contribution in [0.25, 0.3) is 0 Å². The van der Waals surface area contributed by atoms with Crippen molar-refractivity contribution in [3.63, 3.8) is 0 Å². The summed E-state index contributed by atoms with van der Waals surface area (Å²) in [4.78, 5) is 11.8. The predicted molar refractivity (Wildman–Crippen MR) is 66.4 cm³/mol. The number of rotatable bonds is 2. The van der Waals surface area contributed by atoms with E-state index in [1.54, 1.807) is 0 Å². The molecule has 6 heteroatoms. The van der Waals surface area contributed by atoms with Crippen LogP contribution in [0.1, 0.15) is 31.2 Å². The second-order valence-electron chi connectivity index (χ2n) is 4.77. The van der Waals surface area contributed by atoms with Gasteiger partial charge < -0.3 is 11.1 Å². The molecule has 0 heterocycles. The van der Waals surface area contributed by atoms with Crippen LogP contribution in [0.3, 0.4) is 0 Å². The van der Waals surface area contributed by atoms with Gasteiger partial charge in [0.2, 0.25) is 5.91 Å². The van der Waals surface area contributed by atoms with Crippen LogP contribution in [0.4, 0.5) is 24.5 Å². The van der Waals surface area contributed by atoms with Gasteiger partial charge in [-0.25, -0.2) is 0 Å². The first-order chi connectivity index (χ1) is 8.88. The molecule has 1 saturated carbocycles. The summed E-state index contributed by atoms with van der Waals surface area (Å²) < 4.78 is 38.0. The Morgan fingerprint density at radius 3 is 2.47 bits per heavy atom. The van der Waals surface area contributed by atoms with Gasteiger partial charge in [0.1, 0.15) is 0 Å². The Hall–Kier alpha value is -1.72. The fraction of sp³-hybridized carbons (Fsp3) is 0.462. The minimum absolute atomic E-state index is 0.0908. The van der Waals surface area contributed by atoms with Gasteiger partial charge in [0.25, 0.3) is 0 Å². The average molecular weight is 272 g/mol. The number of nitrogens with one attached hydrogen (secondary N) is 1. The maximum atomic E-state index is 12.7. The van der Waals surface area contributed by atoms with E-state index in [4.69, 9.17) is 5.73 Å². The van der Waals surface area contributed by atoms with Crippen molar-refractivity contribution in [2.24, 2.45) is 5.92 Å². The van der Waals surface area contributed by atoms with E-state index in [1.165, 1.54) is 6.07 Å². The van der Waals surface area contributed by atoms with Gasteiger partial charge in [-0.15, -0.1) is 0 Å². The lowest BCUT2D eigenvalue weighted by atomic mass is 10.1. The van der Waals surface area contributed by atoms with Crippen molar-refractivity contribution in [2.75, 3.05) is 11.1 Å². The molecule has 0 atom stereocenters. The highest BCUT2D eigenvalue weighted by Crippen LogP contribution is 2.35. The van der Waals surface area contributed by atoms with Crippen molar-refractivity contribution in [1.82, 2.24) is 0 Å². The van der Waals surface area contributed by atoms with Gasteiger partial charge in [0, 0.05) is 17.3 Å². The molecule has 1 fully saturated rings. The molecule has 0 saturated heterocycles. The number of hydrogen-bond donors (Lipinski definition) is 2. The van der Waals surface area contributed by atoms with Crippen molar-refractivity contribution < 1.29 is 18.0 Å². The summed E-state index contributed by atoms with van der Waals surface area (Å²) in [6.45, 7) is 0. The van der Waals surface area contributed by atoms with Gasteiger partial charge in [-0.3, -0.25) is 4.79 Å². The number of amides is 1. The van der Waals surface area contributed by atoms with E-state index in [0.717, 1.165) is 37.8 Å². The summed E-state index contributed by atoms with van der Waals surface area (Å²) >= 11 is 0. The SMILES string of the molecule is Nc1ccc(NC(=O)C2CCCC2)cc1C(F)(F)F. The number of hydrogen-bond acceptors (Lipinski definition) is 2. The Balaban J connectivity index is 2.15. The van der Waals surface area contributed by atoms with Gasteiger partial charge in [-0.05, 0) is 31.0 Å². The van der Waals surface area contributed by atoms with Crippen LogP contribution in [0.5, 0.6) is 0 Å². The zero-order valence-electron chi connectivity index (χ0n) is 10.3. The van der Waals surface area contributed by atoms with Crippen LogP contribution in [0.15, 0.2) is 18.2 Å². The minimum Gasteiger partial charge on any atom is -0.398 e. The lowest BCUT2D eigenvalue weighted by Gasteiger charge is -2.14. The monoisotopic (exact) mass is 272 g/mol. The molecule has 1 aliphatic carbocycles. The first-order valence-electron chi connectivity index (χ1n) is 6.15. The number of nitrogen functional groups attached to an aromatic ring is 1. The van der Waals surface area contributed by atoms with Crippen LogP contribution < -0.4 is 11.1 Å². The van der Waals surface area contributed by atoms with E-state index >= 15 is 0 Å². The maximum absolute atomic E-state index is 12.7. The van der Waals surface area contributed by atoms with Crippen LogP contribution in [0, 0.1) is 5.92 Å². The number of nitrogens with two attached hydrogens (primary N) is 1. The lowest BCUT2D eigenvalue weighted by molar-refractivity contribution is -0.137. The first-order valence-corrected chi connectivity index (χ1v) is 6.15. The summed E-state index contributed by atoms with van der Waals surface area (Å²) in [5.41, 5.74) is 4.17. The molecular formula is C13H15F3N2O. The number of anilines is 2. The molecule has 1 aromatic carbocycles. The number of benzene rings is 1. The summed E-state index contributed by atoms with van der Waals surface area (Å²) in [5, 5.41) is 2.53. The zero-order chi connectivity index (χ0) is 14.0. The topological polar surface area (TPSA) is 55.1 Å². The molecule has 0 bridgehead atoms. The quantitative estimate of drug-likeness (QED) is 0.810. The normalized spacial score (nSPS) is 16.6. The molecule has 3 N–H and O–H groups in total. The Kier molecular flexibility index (Phi) is 3.68. The van der Waals surface area contributed by atoms with Crippen molar-refractivity contribution in [2.45, 2.75) is 31.9 Å². The highest BCUT2D eigenvalue weighted by atomic mass is 19.4. The van der Waals surface area contributed by atoms with E-state index < -0.39 is 11.7 Å². The Morgan fingerprint density at radius 1 is 1.26 bits per heavy atom. The Morgan fingerprint density at radius 2 is 1.89 bits per heavy atom. The second kappa shape index (κ2) is 5.11. The fourth-order valence-electron chi connectivity index (χ4n) is 2.31. The van der Waals surface area contributed by atoms with Crippen molar-refractivity contribution in [3.05, 3.63) is 23.8 Å². The number of halogens is 3. The van der Waals surface area contributed by atoms with Gasteiger partial charge in [-0.1, -0.05) is 12.8 Å². The number of carbonyl (C=O) groups is 1. The van der Waals surface area contributed by atoms with Gasteiger partial charge in [0.15, 0.2) is 0 Å². The molecule has 0 aromatic heterocycles. The summed E-state index contributed by atoms with van der Waals surface area (Å²) in [5.74, 6) is -0.303. The molecule has 1 aromatic rings. The molecule has 19 heavy (non-hydrogen) atoms. The maximum Gasteiger partial charge on any atom is 0.418 e. The predicted octanol–water partition coefficient (Wildman–Crippen LogP) is 3.42. The minimum atomic E-state index is -4.52. The van der Waals surface area contributed by atoms with Crippen molar-refractivity contribution in [1.29, 1.82) is 0 Å². The van der Waals surface area contributed by atoms with Gasteiger partial charge in [-0.2, -0.15) is 13.2 Å². The molecule has 1 amide bonds. The van der Waals surface area contributed by atoms with Crippen molar-refractivity contribution in [3.8, 4) is 0 Å². The molecule has 0 aliphatic heterocycles. The Labute approximate surface area is 109 Å². The smallest absolute Gasteiger partial charge is 0.398 e. The average Bonchev–Trinajstić information content (AvgIpc) is 2.83. The molecule has 0 spiro atoms. The van der Waals surface area contributed by atoms with E-state index in [2.05, 4.69) is 5.32 Å². The van der Waals surface area contributed by atoms with Gasteiger partial charge >= 0.3 is 6.18 Å². The largest absolute Gasteiger partial charge is 0.418 e. The van der Waals surface area contributed by atoms with E-state index in [-0.39, 0.29) is 23.2 Å². The number of alkyl halides is 3. The second-order valence-corrected chi connectivity index (χ2v) is 4.77. The molecule has 3 nitrogen and oxygen atoms in total. The standard InChI is InChI=1S/C13H15F3N2O/c14-13(15,16)10-7-9(5-6-11(10)17)18-12(19)8-3-1-2-4-8/h5-8H,1-4,17H2,(H,18,19). The fourth-order valence-corrected chi connectivity index (χ4v) is 2.31. The molecular weight excluding hydrogens is 257 g/mol. The van der Waals surface area contributed by atoms with E-state index in [1.807, 2.05) is 0 Å². The summed E-state index contributed by atoms with van der Waals surface area (Å²) in [7, 11) is 0. The molecule has 1 aliphatic rings. The molecule has 2 rings (SSSR count). The molecule has 0 radical (unpaired) electrons. The van der Waals surface area contributed by atoms with Crippen LogP contribution >= 0.6 is 0 Å². The highest BCUT2D eigenvalue weighted by Gasteiger charge is 2.33. The third-order valence-corrected chi connectivity index (χ3v) is 3.35. The van der Waals surface area contributed by atoms with Crippen LogP contribution in [-0.4, -0.2) is 5.91 Å².